The van der Waals surface area contributed by atoms with Crippen LogP contribution in [0.5, 0.6) is 0 Å². The molecule has 0 saturated carbocycles. The van der Waals surface area contributed by atoms with Crippen LogP contribution >= 0.6 is 0 Å². The van der Waals surface area contributed by atoms with E-state index in [2.05, 4.69) is 60.7 Å². The summed E-state index contributed by atoms with van der Waals surface area (Å²) in [5, 5.41) is 6.79. The topological polar surface area (TPSA) is 73.8 Å². The number of hydrogen-bond donors (Lipinski definition) is 2. The molecular weight excluding hydrogens is 372 g/mol. The van der Waals surface area contributed by atoms with Crippen molar-refractivity contribution >= 4 is 16.0 Å². The molecule has 1 fully saturated rings. The second-order valence-electron chi connectivity index (χ2n) is 8.51. The van der Waals surface area contributed by atoms with Crippen molar-refractivity contribution in [3.8, 4) is 0 Å². The minimum atomic E-state index is -3.09. The number of benzene rings is 1. The Balaban J connectivity index is 1.82. The van der Waals surface area contributed by atoms with Crippen LogP contribution in [0.3, 0.4) is 0 Å². The molecule has 2 N–H and O–H groups in total. The lowest BCUT2D eigenvalue weighted by atomic mass is 9.87. The van der Waals surface area contributed by atoms with E-state index in [1.165, 1.54) is 11.1 Å². The number of piperidine rings is 1. The van der Waals surface area contributed by atoms with Gasteiger partial charge in [0.1, 0.15) is 0 Å². The Kier molecular flexibility index (Phi) is 7.89. The van der Waals surface area contributed by atoms with E-state index in [0.29, 0.717) is 26.1 Å². The molecule has 158 valence electrons. The van der Waals surface area contributed by atoms with Crippen molar-refractivity contribution in [2.75, 3.05) is 25.9 Å². The number of rotatable bonds is 6. The molecule has 0 radical (unpaired) electrons. The van der Waals surface area contributed by atoms with Gasteiger partial charge in [-0.2, -0.15) is 0 Å². The van der Waals surface area contributed by atoms with Crippen molar-refractivity contribution in [2.24, 2.45) is 4.99 Å². The first kappa shape index (κ1) is 22.7. The lowest BCUT2D eigenvalue weighted by Gasteiger charge is -2.32. The van der Waals surface area contributed by atoms with Gasteiger partial charge in [-0.15, -0.1) is 0 Å². The van der Waals surface area contributed by atoms with Crippen molar-refractivity contribution in [2.45, 2.75) is 65.0 Å². The Morgan fingerprint density at radius 1 is 1.18 bits per heavy atom. The van der Waals surface area contributed by atoms with Crippen LogP contribution in [-0.2, 0) is 22.0 Å². The zero-order valence-electron chi connectivity index (χ0n) is 18.0. The highest BCUT2D eigenvalue weighted by atomic mass is 32.2. The van der Waals surface area contributed by atoms with Gasteiger partial charge in [0.05, 0.1) is 5.75 Å². The molecule has 1 aromatic rings. The summed E-state index contributed by atoms with van der Waals surface area (Å²) >= 11 is 0. The lowest BCUT2D eigenvalue weighted by molar-refractivity contribution is 0.306. The highest BCUT2D eigenvalue weighted by Crippen LogP contribution is 2.22. The van der Waals surface area contributed by atoms with Gasteiger partial charge in [0.2, 0.25) is 10.0 Å². The van der Waals surface area contributed by atoms with E-state index in [1.807, 2.05) is 6.92 Å². The van der Waals surface area contributed by atoms with Crippen LogP contribution in [0, 0.1) is 0 Å². The molecule has 0 amide bonds. The van der Waals surface area contributed by atoms with Gasteiger partial charge < -0.3 is 10.6 Å². The van der Waals surface area contributed by atoms with Crippen LogP contribution in [0.1, 0.15) is 58.1 Å². The molecule has 28 heavy (non-hydrogen) atoms. The van der Waals surface area contributed by atoms with Gasteiger partial charge in [0.25, 0.3) is 0 Å². The van der Waals surface area contributed by atoms with Gasteiger partial charge in [-0.25, -0.2) is 12.7 Å². The summed E-state index contributed by atoms with van der Waals surface area (Å²) in [5.41, 5.74) is 2.68. The lowest BCUT2D eigenvalue weighted by Crippen LogP contribution is -2.49. The molecule has 1 aliphatic heterocycles. The standard InChI is InChI=1S/C21H36N4O2S/c1-6-15-28(26,27)25-13-11-19(12-14-25)24-20(22-5)23-16-17-7-9-18(10-8-17)21(2,3)4/h7-10,19H,6,11-16H2,1-5H3,(H2,22,23,24). The van der Waals surface area contributed by atoms with Crippen molar-refractivity contribution < 1.29 is 8.42 Å². The van der Waals surface area contributed by atoms with Crippen molar-refractivity contribution in [1.82, 2.24) is 14.9 Å². The summed E-state index contributed by atoms with van der Waals surface area (Å²) in [6.07, 6.45) is 2.25. The Labute approximate surface area is 170 Å². The van der Waals surface area contributed by atoms with Gasteiger partial charge >= 0.3 is 0 Å². The Morgan fingerprint density at radius 3 is 2.29 bits per heavy atom. The molecular formula is C21H36N4O2S. The predicted octanol–water partition coefficient (Wildman–Crippen LogP) is 2.85. The summed E-state index contributed by atoms with van der Waals surface area (Å²) in [4.78, 5) is 4.31. The molecule has 0 bridgehead atoms. The largest absolute Gasteiger partial charge is 0.354 e. The molecule has 7 heteroatoms. The molecule has 0 aliphatic carbocycles. The third-order valence-corrected chi connectivity index (χ3v) is 7.23. The summed E-state index contributed by atoms with van der Waals surface area (Å²) in [6, 6.07) is 8.90. The maximum atomic E-state index is 12.2. The first-order chi connectivity index (χ1) is 13.2. The third kappa shape index (κ3) is 6.48. The summed E-state index contributed by atoms with van der Waals surface area (Å²) in [7, 11) is -1.33. The van der Waals surface area contributed by atoms with E-state index in [4.69, 9.17) is 0 Å². The molecule has 0 unspecified atom stereocenters. The van der Waals surface area contributed by atoms with Crippen molar-refractivity contribution in [1.29, 1.82) is 0 Å². The molecule has 0 aromatic heterocycles. The number of guanidine groups is 1. The van der Waals surface area contributed by atoms with Crippen molar-refractivity contribution in [3.63, 3.8) is 0 Å². The van der Waals surface area contributed by atoms with E-state index in [9.17, 15) is 8.42 Å². The Bertz CT molecular complexity index is 744. The van der Waals surface area contributed by atoms with Crippen LogP contribution < -0.4 is 10.6 Å². The minimum Gasteiger partial charge on any atom is -0.354 e. The van der Waals surface area contributed by atoms with Crippen LogP contribution in [0.25, 0.3) is 0 Å². The molecule has 1 aromatic carbocycles. The van der Waals surface area contributed by atoms with Gasteiger partial charge in [0.15, 0.2) is 5.96 Å². The van der Waals surface area contributed by atoms with Crippen LogP contribution in [-0.4, -0.2) is 50.6 Å². The highest BCUT2D eigenvalue weighted by Gasteiger charge is 2.27. The SMILES string of the molecule is CCCS(=O)(=O)N1CCC(NC(=NC)NCc2ccc(C(C)(C)C)cc2)CC1. The Hall–Kier alpha value is -1.60. The fourth-order valence-corrected chi connectivity index (χ4v) is 4.90. The molecule has 1 heterocycles. The average Bonchev–Trinajstić information content (AvgIpc) is 2.65. The maximum absolute atomic E-state index is 12.2. The average molecular weight is 409 g/mol. The minimum absolute atomic E-state index is 0.156. The summed E-state index contributed by atoms with van der Waals surface area (Å²) in [5.74, 6) is 0.997. The van der Waals surface area contributed by atoms with Gasteiger partial charge in [-0.05, 0) is 35.8 Å². The van der Waals surface area contributed by atoms with E-state index in [-0.39, 0.29) is 17.2 Å². The first-order valence-electron chi connectivity index (χ1n) is 10.2. The van der Waals surface area contributed by atoms with E-state index >= 15 is 0 Å². The number of aliphatic imine (C=N–C) groups is 1. The Morgan fingerprint density at radius 2 is 1.79 bits per heavy atom. The van der Waals surface area contributed by atoms with Crippen LogP contribution in [0.15, 0.2) is 29.3 Å². The number of nitrogens with one attached hydrogen (secondary N) is 2. The molecule has 0 atom stereocenters. The van der Waals surface area contributed by atoms with E-state index in [1.54, 1.807) is 11.4 Å². The van der Waals surface area contributed by atoms with E-state index in [0.717, 1.165) is 18.8 Å². The monoisotopic (exact) mass is 408 g/mol. The third-order valence-electron chi connectivity index (χ3n) is 5.15. The fourth-order valence-electron chi connectivity index (χ4n) is 3.36. The quantitative estimate of drug-likeness (QED) is 0.561. The fraction of sp³-hybridized carbons (Fsp3) is 0.667. The van der Waals surface area contributed by atoms with Gasteiger partial charge in [0, 0.05) is 32.7 Å². The summed E-state index contributed by atoms with van der Waals surface area (Å²) < 4.78 is 26.0. The van der Waals surface area contributed by atoms with Crippen LogP contribution in [0.2, 0.25) is 0 Å². The van der Waals surface area contributed by atoms with E-state index < -0.39 is 10.0 Å². The molecule has 6 nitrogen and oxygen atoms in total. The molecule has 1 aliphatic rings. The normalized spacial score (nSPS) is 17.5. The predicted molar refractivity (Wildman–Crippen MR) is 117 cm³/mol. The summed E-state index contributed by atoms with van der Waals surface area (Å²) in [6.45, 7) is 10.4. The number of sulfonamides is 1. The zero-order chi connectivity index (χ0) is 20.8. The number of hydrogen-bond acceptors (Lipinski definition) is 3. The number of nitrogens with zero attached hydrogens (tertiary/aromatic N) is 2. The second-order valence-corrected chi connectivity index (χ2v) is 10.6. The second kappa shape index (κ2) is 9.74. The first-order valence-corrected chi connectivity index (χ1v) is 11.8. The van der Waals surface area contributed by atoms with Crippen molar-refractivity contribution in [3.05, 3.63) is 35.4 Å². The maximum Gasteiger partial charge on any atom is 0.214 e. The van der Waals surface area contributed by atoms with Gasteiger partial charge in [-0.3, -0.25) is 4.99 Å². The van der Waals surface area contributed by atoms with Crippen LogP contribution in [0.4, 0.5) is 0 Å². The molecule has 0 spiro atoms. The smallest absolute Gasteiger partial charge is 0.214 e. The molecule has 1 saturated heterocycles. The zero-order valence-corrected chi connectivity index (χ0v) is 18.8. The molecule has 2 rings (SSSR count). The van der Waals surface area contributed by atoms with Gasteiger partial charge in [-0.1, -0.05) is 52.0 Å². The highest BCUT2D eigenvalue weighted by molar-refractivity contribution is 7.89.